The van der Waals surface area contributed by atoms with Gasteiger partial charge in [-0.15, -0.1) is 0 Å². The molecule has 4 nitrogen and oxygen atoms in total. The van der Waals surface area contributed by atoms with Crippen molar-refractivity contribution in [1.29, 1.82) is 0 Å². The molecule has 0 amide bonds. The van der Waals surface area contributed by atoms with Gasteiger partial charge in [-0.2, -0.15) is 0 Å². The van der Waals surface area contributed by atoms with Crippen molar-refractivity contribution in [2.75, 3.05) is 5.32 Å². The Labute approximate surface area is 125 Å². The Morgan fingerprint density at radius 1 is 1.14 bits per heavy atom. The average Bonchev–Trinajstić information content (AvgIpc) is 2.53. The number of nitro benzene ring substituents is 1. The molecule has 0 aromatic heterocycles. The maximum absolute atomic E-state index is 10.8. The molecule has 0 saturated heterocycles. The lowest BCUT2D eigenvalue weighted by molar-refractivity contribution is -0.384. The Bertz CT molecular complexity index is 608. The first-order valence-electron chi connectivity index (χ1n) is 7.23. The third kappa shape index (κ3) is 3.81. The number of hydrogen-bond acceptors (Lipinski definition) is 3. The zero-order valence-corrected chi connectivity index (χ0v) is 12.4. The summed E-state index contributed by atoms with van der Waals surface area (Å²) in [5, 5.41) is 14.2. The van der Waals surface area contributed by atoms with E-state index in [9.17, 15) is 10.1 Å². The largest absolute Gasteiger partial charge is 0.378 e. The van der Waals surface area contributed by atoms with Crippen LogP contribution in [0.15, 0.2) is 48.5 Å². The van der Waals surface area contributed by atoms with Crippen molar-refractivity contribution in [2.24, 2.45) is 0 Å². The number of rotatable bonds is 6. The Morgan fingerprint density at radius 2 is 1.86 bits per heavy atom. The van der Waals surface area contributed by atoms with Gasteiger partial charge in [0.15, 0.2) is 0 Å². The number of anilines is 1. The van der Waals surface area contributed by atoms with E-state index in [1.165, 1.54) is 17.2 Å². The molecule has 2 aromatic carbocycles. The van der Waals surface area contributed by atoms with Crippen LogP contribution in [0.3, 0.4) is 0 Å². The molecular formula is C17H20N2O2. The van der Waals surface area contributed by atoms with E-state index in [0.29, 0.717) is 0 Å². The second kappa shape index (κ2) is 6.88. The fourth-order valence-electron chi connectivity index (χ4n) is 2.32. The monoisotopic (exact) mass is 284 g/mol. The summed E-state index contributed by atoms with van der Waals surface area (Å²) in [5.41, 5.74) is 3.39. The highest BCUT2D eigenvalue weighted by atomic mass is 16.6. The first-order valence-corrected chi connectivity index (χ1v) is 7.23. The molecule has 0 saturated carbocycles. The van der Waals surface area contributed by atoms with E-state index in [2.05, 4.69) is 43.4 Å². The molecular weight excluding hydrogens is 264 g/mol. The number of nitro groups is 1. The Hall–Kier alpha value is -2.36. The van der Waals surface area contributed by atoms with E-state index in [4.69, 9.17) is 0 Å². The van der Waals surface area contributed by atoms with Gasteiger partial charge in [0.05, 0.1) is 11.0 Å². The average molecular weight is 284 g/mol. The van der Waals surface area contributed by atoms with Crippen molar-refractivity contribution in [3.8, 4) is 0 Å². The molecule has 1 atom stereocenters. The third-order valence-corrected chi connectivity index (χ3v) is 3.60. The molecule has 0 aliphatic rings. The van der Waals surface area contributed by atoms with Gasteiger partial charge in [0.25, 0.3) is 5.69 Å². The second-order valence-corrected chi connectivity index (χ2v) is 5.01. The van der Waals surface area contributed by atoms with Gasteiger partial charge in [0.2, 0.25) is 0 Å². The molecule has 1 unspecified atom stereocenters. The van der Waals surface area contributed by atoms with Crippen molar-refractivity contribution in [1.82, 2.24) is 0 Å². The normalized spacial score (nSPS) is 11.9. The molecule has 0 fully saturated rings. The fraction of sp³-hybridized carbons (Fsp3) is 0.294. The molecule has 1 N–H and O–H groups in total. The van der Waals surface area contributed by atoms with Gasteiger partial charge in [-0.05, 0) is 30.0 Å². The van der Waals surface area contributed by atoms with Gasteiger partial charge in [-0.25, -0.2) is 0 Å². The summed E-state index contributed by atoms with van der Waals surface area (Å²) < 4.78 is 0. The summed E-state index contributed by atoms with van der Waals surface area (Å²) in [4.78, 5) is 10.5. The van der Waals surface area contributed by atoms with Crippen LogP contribution in [0.2, 0.25) is 0 Å². The Kier molecular flexibility index (Phi) is 4.93. The van der Waals surface area contributed by atoms with Crippen molar-refractivity contribution in [2.45, 2.75) is 32.7 Å². The highest BCUT2D eigenvalue weighted by Gasteiger charge is 2.11. The minimum absolute atomic E-state index is 0.108. The Balaban J connectivity index is 2.18. The molecule has 0 radical (unpaired) electrons. The second-order valence-electron chi connectivity index (χ2n) is 5.01. The summed E-state index contributed by atoms with van der Waals surface area (Å²) >= 11 is 0. The topological polar surface area (TPSA) is 55.2 Å². The van der Waals surface area contributed by atoms with Crippen LogP contribution in [0.5, 0.6) is 0 Å². The van der Waals surface area contributed by atoms with E-state index in [1.54, 1.807) is 12.1 Å². The van der Waals surface area contributed by atoms with Gasteiger partial charge in [-0.3, -0.25) is 10.1 Å². The summed E-state index contributed by atoms with van der Waals surface area (Å²) in [6.07, 6.45) is 1.93. The van der Waals surface area contributed by atoms with E-state index >= 15 is 0 Å². The van der Waals surface area contributed by atoms with E-state index in [1.807, 2.05) is 6.07 Å². The predicted molar refractivity (Wildman–Crippen MR) is 85.6 cm³/mol. The molecule has 0 bridgehead atoms. The lowest BCUT2D eigenvalue weighted by atomic mass is 10.0. The maximum atomic E-state index is 10.8. The number of non-ortho nitro benzene ring substituents is 1. The van der Waals surface area contributed by atoms with Gasteiger partial charge in [0, 0.05) is 17.8 Å². The van der Waals surface area contributed by atoms with Crippen molar-refractivity contribution >= 4 is 11.4 Å². The van der Waals surface area contributed by atoms with Gasteiger partial charge in [0.1, 0.15) is 0 Å². The van der Waals surface area contributed by atoms with Crippen molar-refractivity contribution in [3.05, 3.63) is 69.8 Å². The predicted octanol–water partition coefficient (Wildman–Crippen LogP) is 4.72. The highest BCUT2D eigenvalue weighted by molar-refractivity contribution is 5.52. The number of aryl methyl sites for hydroxylation is 1. The lowest BCUT2D eigenvalue weighted by Gasteiger charge is -2.19. The molecule has 0 aliphatic carbocycles. The first kappa shape index (κ1) is 15.0. The van der Waals surface area contributed by atoms with Crippen LogP contribution in [0.1, 0.15) is 37.4 Å². The summed E-state index contributed by atoms with van der Waals surface area (Å²) in [7, 11) is 0. The number of nitrogens with one attached hydrogen (secondary N) is 1. The zero-order chi connectivity index (χ0) is 15.2. The molecule has 110 valence electrons. The van der Waals surface area contributed by atoms with Gasteiger partial charge < -0.3 is 5.32 Å². The van der Waals surface area contributed by atoms with Gasteiger partial charge >= 0.3 is 0 Å². The van der Waals surface area contributed by atoms with Crippen LogP contribution >= 0.6 is 0 Å². The van der Waals surface area contributed by atoms with E-state index in [-0.39, 0.29) is 16.7 Å². The van der Waals surface area contributed by atoms with Crippen LogP contribution in [0.4, 0.5) is 11.4 Å². The lowest BCUT2D eigenvalue weighted by Crippen LogP contribution is -2.09. The summed E-state index contributed by atoms with van der Waals surface area (Å²) in [6.45, 7) is 4.23. The van der Waals surface area contributed by atoms with Gasteiger partial charge in [-0.1, -0.05) is 44.2 Å². The number of nitrogens with zero attached hydrogens (tertiary/aromatic N) is 1. The quantitative estimate of drug-likeness (QED) is 0.616. The summed E-state index contributed by atoms with van der Waals surface area (Å²) in [5.74, 6) is 0. The molecule has 2 aromatic rings. The SMILES string of the molecule is CCc1ccc(C(CC)Nc2cccc([N+](=O)[O-])c2)cc1. The number of benzene rings is 2. The molecule has 0 spiro atoms. The standard InChI is InChI=1S/C17H20N2O2/c1-3-13-8-10-14(11-9-13)17(4-2)18-15-6-5-7-16(12-15)19(20)21/h5-12,17-18H,3-4H2,1-2H3. The molecule has 2 rings (SSSR count). The van der Waals surface area contributed by atoms with Crippen LogP contribution in [0.25, 0.3) is 0 Å². The molecule has 0 aliphatic heterocycles. The van der Waals surface area contributed by atoms with Crippen LogP contribution in [-0.4, -0.2) is 4.92 Å². The maximum Gasteiger partial charge on any atom is 0.271 e. The van der Waals surface area contributed by atoms with Crippen molar-refractivity contribution in [3.63, 3.8) is 0 Å². The Morgan fingerprint density at radius 3 is 2.43 bits per heavy atom. The molecule has 0 heterocycles. The molecule has 21 heavy (non-hydrogen) atoms. The van der Waals surface area contributed by atoms with Crippen LogP contribution < -0.4 is 5.32 Å². The highest BCUT2D eigenvalue weighted by Crippen LogP contribution is 2.25. The minimum Gasteiger partial charge on any atom is -0.378 e. The number of hydrogen-bond donors (Lipinski definition) is 1. The van der Waals surface area contributed by atoms with E-state index < -0.39 is 0 Å². The van der Waals surface area contributed by atoms with E-state index in [0.717, 1.165) is 18.5 Å². The first-order chi connectivity index (χ1) is 10.1. The van der Waals surface area contributed by atoms with Crippen LogP contribution in [-0.2, 0) is 6.42 Å². The van der Waals surface area contributed by atoms with Crippen LogP contribution in [0, 0.1) is 10.1 Å². The minimum atomic E-state index is -0.373. The van der Waals surface area contributed by atoms with Crippen molar-refractivity contribution < 1.29 is 4.92 Å². The smallest absolute Gasteiger partial charge is 0.271 e. The third-order valence-electron chi connectivity index (χ3n) is 3.60. The fourth-order valence-corrected chi connectivity index (χ4v) is 2.32. The zero-order valence-electron chi connectivity index (χ0n) is 12.4. The summed E-state index contributed by atoms with van der Waals surface area (Å²) in [6, 6.07) is 15.3. The molecule has 4 heteroatoms.